The van der Waals surface area contributed by atoms with Crippen molar-refractivity contribution in [3.05, 3.63) is 192 Å². The molecule has 0 atom stereocenters. The molecule has 3 heterocycles. The van der Waals surface area contributed by atoms with Crippen LogP contribution in [0.25, 0.3) is 92.2 Å². The standard InChI is InChI=1S/C45H35N2S.C20H28NSi.Ir/c1-27(2)37-25-32(29-12-6-5-7-13-29)26-38(28(3)4)43(37)47-41-17-11-10-16-40(41)46-45(47)31-19-23-42-39(24-31)36-22-21-34-33-15-9-8-14-30(33)18-20-35(34)44(36)48-42;1-15-8-10-16(11-9-15)18-12-17(13-20(2,3)4)19(14-21-18)22(5,6)7;/h5-18,20-28H,1-4H3;8-10,12,14H,13H2,1-7H3;/q2*-1;/i;1D3,13D2;. The van der Waals surface area contributed by atoms with E-state index >= 15 is 0 Å². The molecule has 1 radical (unpaired) electrons. The zero-order chi connectivity index (χ0) is 53.4. The molecule has 8 aromatic carbocycles. The van der Waals surface area contributed by atoms with Gasteiger partial charge in [0.25, 0.3) is 0 Å². The first-order valence-corrected chi connectivity index (χ1v) is 28.8. The molecule has 0 amide bonds. The Bertz CT molecular complexity index is 3910. The predicted molar refractivity (Wildman–Crippen MR) is 306 cm³/mol. The Morgan fingerprint density at radius 3 is 2.03 bits per heavy atom. The van der Waals surface area contributed by atoms with Gasteiger partial charge < -0.3 is 9.55 Å². The minimum atomic E-state index is -2.17. The normalized spacial score (nSPS) is 13.5. The second-order valence-electron chi connectivity index (χ2n) is 21.2. The fourth-order valence-corrected chi connectivity index (χ4v) is 12.3. The van der Waals surface area contributed by atoms with Crippen molar-refractivity contribution in [1.82, 2.24) is 14.5 Å². The number of fused-ring (bicyclic) bond motifs is 8. The quantitative estimate of drug-likeness (QED) is 0.0862. The third-order valence-corrected chi connectivity index (χ3v) is 16.4. The van der Waals surface area contributed by atoms with Crippen molar-refractivity contribution in [1.29, 1.82) is 0 Å². The van der Waals surface area contributed by atoms with E-state index < -0.39 is 26.7 Å². The van der Waals surface area contributed by atoms with Crippen molar-refractivity contribution in [2.75, 3.05) is 0 Å². The zero-order valence-corrected chi connectivity index (χ0v) is 46.5. The molecule has 0 bridgehead atoms. The molecule has 0 aliphatic carbocycles. The number of thiophene rings is 1. The molecule has 0 aliphatic heterocycles. The van der Waals surface area contributed by atoms with Crippen LogP contribution in [0.2, 0.25) is 19.6 Å². The summed E-state index contributed by atoms with van der Waals surface area (Å²) in [5.41, 5.74) is 11.1. The summed E-state index contributed by atoms with van der Waals surface area (Å²) in [4.78, 5) is 9.89. The topological polar surface area (TPSA) is 30.7 Å². The molecule has 0 unspecified atom stereocenters. The van der Waals surface area contributed by atoms with Crippen molar-refractivity contribution < 1.29 is 27.0 Å². The molecule has 359 valence electrons. The van der Waals surface area contributed by atoms with Crippen LogP contribution in [0.3, 0.4) is 0 Å². The van der Waals surface area contributed by atoms with E-state index in [0.29, 0.717) is 28.7 Å². The van der Waals surface area contributed by atoms with Gasteiger partial charge in [0.2, 0.25) is 0 Å². The van der Waals surface area contributed by atoms with Gasteiger partial charge in [-0.1, -0.05) is 183 Å². The van der Waals surface area contributed by atoms with Gasteiger partial charge in [-0.15, -0.1) is 59.2 Å². The third-order valence-electron chi connectivity index (χ3n) is 13.1. The molecular weight excluding hydrogens is 1080 g/mol. The van der Waals surface area contributed by atoms with Crippen LogP contribution in [0.5, 0.6) is 0 Å². The molecule has 0 spiro atoms. The first kappa shape index (κ1) is 43.7. The predicted octanol–water partition coefficient (Wildman–Crippen LogP) is 18.1. The van der Waals surface area contributed by atoms with Gasteiger partial charge in [-0.2, -0.15) is 11.3 Å². The molecule has 3 nitrogen and oxygen atoms in total. The smallest absolute Gasteiger partial charge is 0.0798 e. The van der Waals surface area contributed by atoms with E-state index in [4.69, 9.17) is 11.8 Å². The average Bonchev–Trinajstić information content (AvgIpc) is 4.00. The third kappa shape index (κ3) is 9.98. The van der Waals surface area contributed by atoms with E-state index in [1.165, 1.54) is 75.7 Å². The number of aromatic nitrogens is 3. The van der Waals surface area contributed by atoms with Crippen LogP contribution in [0.15, 0.2) is 158 Å². The number of imidazole rings is 1. The van der Waals surface area contributed by atoms with Gasteiger partial charge in [-0.05, 0) is 113 Å². The summed E-state index contributed by atoms with van der Waals surface area (Å²) >= 11 is 1.86. The Morgan fingerprint density at radius 2 is 1.34 bits per heavy atom. The molecule has 0 N–H and O–H groups in total. The zero-order valence-electron chi connectivity index (χ0n) is 47.2. The number of hydrogen-bond donors (Lipinski definition) is 0. The van der Waals surface area contributed by atoms with E-state index in [0.717, 1.165) is 27.6 Å². The Balaban J connectivity index is 0.000000216. The molecule has 71 heavy (non-hydrogen) atoms. The van der Waals surface area contributed by atoms with Crippen LogP contribution in [-0.4, -0.2) is 22.6 Å². The fourth-order valence-electron chi connectivity index (χ4n) is 9.74. The summed E-state index contributed by atoms with van der Waals surface area (Å²) in [6.45, 7) is 19.3. The SMILES string of the molecule is CC(C)c1cc(-c2ccccc2)cc(C(C)C)c1-n1c(-c2[c-]cc3sc4c(ccc5c6ccccc6ccc54)c3c2)nc2ccccc21.[2H]C([2H])([2H])c1c[c-]c(-c2cc(C([2H])([2H])C(C)(C)C)c([Si](C)(C)C)cn2)cc1.[Ir]. The van der Waals surface area contributed by atoms with Gasteiger partial charge in [0.1, 0.15) is 0 Å². The maximum atomic E-state index is 8.79. The summed E-state index contributed by atoms with van der Waals surface area (Å²) in [6.07, 6.45) is 0.269. The number of benzene rings is 8. The van der Waals surface area contributed by atoms with Crippen LogP contribution < -0.4 is 5.19 Å². The number of nitrogens with zero attached hydrogens (tertiary/aromatic N) is 3. The molecule has 0 saturated heterocycles. The summed E-state index contributed by atoms with van der Waals surface area (Å²) in [5, 5.41) is 8.74. The first-order valence-electron chi connectivity index (χ1n) is 26.9. The molecule has 3 aromatic heterocycles. The molecule has 0 aliphatic rings. The maximum Gasteiger partial charge on any atom is 0.0798 e. The summed E-state index contributed by atoms with van der Waals surface area (Å²) in [5.74, 6) is 1.55. The number of rotatable bonds is 8. The van der Waals surface area contributed by atoms with Gasteiger partial charge in [0.15, 0.2) is 0 Å². The number of aryl methyl sites for hydroxylation is 1. The Morgan fingerprint density at radius 1 is 0.676 bits per heavy atom. The second-order valence-corrected chi connectivity index (χ2v) is 27.3. The van der Waals surface area contributed by atoms with Gasteiger partial charge in [-0.25, -0.2) is 0 Å². The van der Waals surface area contributed by atoms with E-state index in [-0.39, 0.29) is 25.7 Å². The van der Waals surface area contributed by atoms with Gasteiger partial charge in [-0.3, -0.25) is 4.98 Å². The largest absolute Gasteiger partial charge is 0.333 e. The number of hydrogen-bond acceptors (Lipinski definition) is 3. The molecule has 0 saturated carbocycles. The van der Waals surface area contributed by atoms with E-state index in [2.05, 4.69) is 196 Å². The maximum absolute atomic E-state index is 8.79. The summed E-state index contributed by atoms with van der Waals surface area (Å²) in [6, 6.07) is 59.7. The van der Waals surface area contributed by atoms with Crippen LogP contribution in [0.4, 0.5) is 0 Å². The van der Waals surface area contributed by atoms with Crippen LogP contribution in [0.1, 0.15) is 89.4 Å². The van der Waals surface area contributed by atoms with E-state index in [1.807, 2.05) is 38.2 Å². The molecule has 6 heteroatoms. The van der Waals surface area contributed by atoms with Crippen molar-refractivity contribution in [3.63, 3.8) is 0 Å². The second kappa shape index (κ2) is 19.9. The number of pyridine rings is 1. The van der Waals surface area contributed by atoms with Crippen molar-refractivity contribution in [2.45, 2.75) is 93.2 Å². The molecule has 11 aromatic rings. The number of para-hydroxylation sites is 2. The Hall–Kier alpha value is -6.01. The van der Waals surface area contributed by atoms with Crippen LogP contribution in [0, 0.1) is 24.4 Å². The molecular formula is C65H63IrN3SSi-2. The van der Waals surface area contributed by atoms with Crippen molar-refractivity contribution >= 4 is 77.3 Å². The van der Waals surface area contributed by atoms with Gasteiger partial charge >= 0.3 is 0 Å². The average molecular weight is 1140 g/mol. The van der Waals surface area contributed by atoms with Crippen LogP contribution >= 0.6 is 11.3 Å². The fraction of sp³-hybridized carbons (Fsp3) is 0.231. The summed E-state index contributed by atoms with van der Waals surface area (Å²) in [7, 11) is -1.81. The van der Waals surface area contributed by atoms with E-state index in [9.17, 15) is 0 Å². The van der Waals surface area contributed by atoms with E-state index in [1.54, 1.807) is 18.3 Å². The summed E-state index contributed by atoms with van der Waals surface area (Å²) < 4.78 is 45.0. The van der Waals surface area contributed by atoms with Gasteiger partial charge in [0, 0.05) is 43.5 Å². The van der Waals surface area contributed by atoms with Gasteiger partial charge in [0.05, 0.1) is 24.9 Å². The molecule has 11 rings (SSSR count). The van der Waals surface area contributed by atoms with Crippen LogP contribution in [-0.2, 0) is 26.5 Å². The van der Waals surface area contributed by atoms with Crippen molar-refractivity contribution in [3.8, 4) is 39.5 Å². The molecule has 0 fully saturated rings. The van der Waals surface area contributed by atoms with Crippen molar-refractivity contribution in [2.24, 2.45) is 5.41 Å². The Kier molecular flexibility index (Phi) is 12.3. The first-order chi connectivity index (χ1) is 35.5. The Labute approximate surface area is 446 Å². The minimum Gasteiger partial charge on any atom is -0.333 e. The monoisotopic (exact) mass is 1140 g/mol. The minimum absolute atomic E-state index is 0.